The first-order valence-electron chi connectivity index (χ1n) is 6.59. The molecule has 18 heavy (non-hydrogen) atoms. The summed E-state index contributed by atoms with van der Waals surface area (Å²) in [6.07, 6.45) is 19.5. The van der Waals surface area contributed by atoms with Crippen LogP contribution in [0.15, 0.2) is 48.6 Å². The maximum atomic E-state index is 2.27. The normalized spacial score (nSPS) is 16.6. The van der Waals surface area contributed by atoms with Crippen LogP contribution in [0, 0.1) is 0 Å². The molecule has 0 spiro atoms. The van der Waals surface area contributed by atoms with Gasteiger partial charge in [0.2, 0.25) is 0 Å². The monoisotopic (exact) mass is 416 g/mol. The van der Waals surface area contributed by atoms with Gasteiger partial charge in [0, 0.05) is 0 Å². The number of hydrogen-bond donors (Lipinski definition) is 0. The molecule has 1 heteroatoms. The van der Waals surface area contributed by atoms with E-state index in [-0.39, 0.29) is 0 Å². The van der Waals surface area contributed by atoms with Crippen molar-refractivity contribution in [2.45, 2.75) is 32.1 Å². The molecule has 0 amide bonds. The molecule has 3 rings (SSSR count). The van der Waals surface area contributed by atoms with E-state index in [0.717, 1.165) is 6.42 Å². The van der Waals surface area contributed by atoms with Crippen molar-refractivity contribution in [3.05, 3.63) is 59.7 Å². The predicted molar refractivity (Wildman–Crippen MR) is 75.6 cm³/mol. The summed E-state index contributed by atoms with van der Waals surface area (Å²) < 4.78 is 1.35. The number of rotatable bonds is 0. The van der Waals surface area contributed by atoms with Crippen LogP contribution >= 0.6 is 0 Å². The molecular weight excluding hydrogens is 396 g/mol. The average Bonchev–Trinajstić information content (AvgIpc) is 2.75. The third-order valence-electron chi connectivity index (χ3n) is 3.06. The molecule has 0 N–H and O–H groups in total. The SMILES string of the molecule is C1=CCCC=CCC1.[Ir][c]1ccc2c(c1)C=CC2. The minimum absolute atomic E-state index is 1.12. The molecule has 1 aromatic carbocycles. The van der Waals surface area contributed by atoms with Gasteiger partial charge in [0.1, 0.15) is 0 Å². The van der Waals surface area contributed by atoms with Crippen LogP contribution in [0.4, 0.5) is 0 Å². The summed E-state index contributed by atoms with van der Waals surface area (Å²) in [7, 11) is 0. The molecule has 0 fully saturated rings. The van der Waals surface area contributed by atoms with Gasteiger partial charge in [-0.05, 0) is 25.7 Å². The molecule has 0 saturated carbocycles. The topological polar surface area (TPSA) is 0 Å². The van der Waals surface area contributed by atoms with Crippen molar-refractivity contribution in [3.8, 4) is 0 Å². The van der Waals surface area contributed by atoms with Crippen LogP contribution in [-0.4, -0.2) is 0 Å². The first-order valence-corrected chi connectivity index (χ1v) is 7.79. The van der Waals surface area contributed by atoms with E-state index in [2.05, 4.69) is 73.6 Å². The van der Waals surface area contributed by atoms with Crippen LogP contribution in [0.1, 0.15) is 36.8 Å². The van der Waals surface area contributed by atoms with Gasteiger partial charge >= 0.3 is 70.9 Å². The van der Waals surface area contributed by atoms with Crippen LogP contribution in [-0.2, 0) is 25.3 Å². The van der Waals surface area contributed by atoms with E-state index in [1.54, 1.807) is 0 Å². The van der Waals surface area contributed by atoms with E-state index in [4.69, 9.17) is 0 Å². The second-order valence-electron chi connectivity index (χ2n) is 4.52. The number of hydrogen-bond acceptors (Lipinski definition) is 0. The third-order valence-corrected chi connectivity index (χ3v) is 3.81. The first-order chi connectivity index (χ1) is 8.86. The molecule has 0 heterocycles. The van der Waals surface area contributed by atoms with Gasteiger partial charge in [-0.25, -0.2) is 0 Å². The molecule has 0 saturated heterocycles. The number of benzene rings is 1. The molecule has 0 unspecified atom stereocenters. The van der Waals surface area contributed by atoms with Crippen LogP contribution in [0.5, 0.6) is 0 Å². The number of fused-ring (bicyclic) bond motifs is 1. The molecule has 0 nitrogen and oxygen atoms in total. The Hall–Kier alpha value is -0.911. The Kier molecular flexibility index (Phi) is 5.64. The Morgan fingerprint density at radius 2 is 1.39 bits per heavy atom. The van der Waals surface area contributed by atoms with Crippen molar-refractivity contribution >= 4 is 10.2 Å². The van der Waals surface area contributed by atoms with Crippen molar-refractivity contribution in [3.63, 3.8) is 0 Å². The van der Waals surface area contributed by atoms with Gasteiger partial charge in [-0.3, -0.25) is 0 Å². The Labute approximate surface area is 121 Å². The van der Waals surface area contributed by atoms with Gasteiger partial charge < -0.3 is 0 Å². The first kappa shape index (κ1) is 13.5. The summed E-state index contributed by atoms with van der Waals surface area (Å²) in [5, 5.41) is 0. The van der Waals surface area contributed by atoms with E-state index in [1.807, 2.05) is 0 Å². The molecule has 2 aliphatic rings. The number of allylic oxidation sites excluding steroid dienone is 5. The second-order valence-corrected chi connectivity index (χ2v) is 5.90. The van der Waals surface area contributed by atoms with Crippen molar-refractivity contribution < 1.29 is 18.9 Å². The molecule has 0 atom stereocenters. The molecule has 96 valence electrons. The molecule has 0 aromatic heterocycles. The van der Waals surface area contributed by atoms with Crippen molar-refractivity contribution in [1.29, 1.82) is 0 Å². The van der Waals surface area contributed by atoms with E-state index in [1.165, 1.54) is 40.9 Å². The fourth-order valence-corrected chi connectivity index (χ4v) is 2.64. The minimum atomic E-state index is 1.12. The summed E-state index contributed by atoms with van der Waals surface area (Å²) in [5.74, 6) is 0. The Balaban J connectivity index is 0.000000138. The van der Waals surface area contributed by atoms with Crippen LogP contribution in [0.2, 0.25) is 0 Å². The average molecular weight is 416 g/mol. The summed E-state index contributed by atoms with van der Waals surface area (Å²) in [5.41, 5.74) is 2.87. The Morgan fingerprint density at radius 3 is 2.00 bits per heavy atom. The van der Waals surface area contributed by atoms with Gasteiger partial charge in [0.05, 0.1) is 0 Å². The van der Waals surface area contributed by atoms with Crippen LogP contribution in [0.3, 0.4) is 0 Å². The summed E-state index contributed by atoms with van der Waals surface area (Å²) in [6.45, 7) is 0. The second kappa shape index (κ2) is 7.51. The van der Waals surface area contributed by atoms with Crippen molar-refractivity contribution in [1.82, 2.24) is 0 Å². The van der Waals surface area contributed by atoms with Gasteiger partial charge in [0.15, 0.2) is 0 Å². The van der Waals surface area contributed by atoms with Gasteiger partial charge in [-0.2, -0.15) is 0 Å². The standard InChI is InChI=1S/C9H7.C8H12.Ir/c1-2-5-9-7-3-6-8(9)4-1;1-2-4-6-8-7-5-3-1;/h1,3-5,7H,6H2;1-2,7-8H,3-6H2;. The van der Waals surface area contributed by atoms with E-state index in [9.17, 15) is 0 Å². The van der Waals surface area contributed by atoms with Crippen LogP contribution < -0.4 is 4.08 Å². The fourth-order valence-electron chi connectivity index (χ4n) is 2.07. The van der Waals surface area contributed by atoms with Gasteiger partial charge in [-0.1, -0.05) is 24.3 Å². The zero-order chi connectivity index (χ0) is 12.6. The Bertz CT molecular complexity index is 440. The van der Waals surface area contributed by atoms with Crippen LogP contribution in [0.25, 0.3) is 6.08 Å². The molecule has 2 aliphatic carbocycles. The zero-order valence-electron chi connectivity index (χ0n) is 10.6. The molecule has 1 aromatic rings. The van der Waals surface area contributed by atoms with Gasteiger partial charge in [-0.15, -0.1) is 0 Å². The third kappa shape index (κ3) is 4.40. The van der Waals surface area contributed by atoms with Crippen molar-refractivity contribution in [2.24, 2.45) is 0 Å². The molecular formula is C17H19Ir. The van der Waals surface area contributed by atoms with E-state index in [0.29, 0.717) is 0 Å². The molecule has 0 aliphatic heterocycles. The molecule has 0 bridgehead atoms. The van der Waals surface area contributed by atoms with Crippen molar-refractivity contribution in [2.75, 3.05) is 0 Å². The molecule has 0 radical (unpaired) electrons. The predicted octanol–water partition coefficient (Wildman–Crippen LogP) is 4.10. The van der Waals surface area contributed by atoms with Gasteiger partial charge in [0.25, 0.3) is 0 Å². The summed E-state index contributed by atoms with van der Waals surface area (Å²) in [6, 6.07) is 6.62. The van der Waals surface area contributed by atoms with E-state index < -0.39 is 0 Å². The quantitative estimate of drug-likeness (QED) is 0.560. The maximum absolute atomic E-state index is 2.27. The zero-order valence-corrected chi connectivity index (χ0v) is 13.0. The summed E-state index contributed by atoms with van der Waals surface area (Å²) >= 11 is 2.13. The summed E-state index contributed by atoms with van der Waals surface area (Å²) in [4.78, 5) is 0. The fraction of sp³-hybridized carbons (Fsp3) is 0.294. The van der Waals surface area contributed by atoms with E-state index >= 15 is 0 Å². The Morgan fingerprint density at radius 1 is 0.778 bits per heavy atom.